The average molecular weight is 1200 g/mol. The van der Waals surface area contributed by atoms with Gasteiger partial charge in [-0.3, -0.25) is 11.8 Å². The molecule has 304 valence electrons. The molecule has 5 heteroatoms. The third kappa shape index (κ3) is 10.4. The van der Waals surface area contributed by atoms with Crippen LogP contribution in [-0.4, -0.2) is 14.0 Å². The van der Waals surface area contributed by atoms with E-state index in [1.54, 1.807) is 0 Å². The van der Waals surface area contributed by atoms with E-state index in [0.29, 0.717) is 0 Å². The van der Waals surface area contributed by atoms with Crippen LogP contribution in [0.25, 0.3) is 22.3 Å². The van der Waals surface area contributed by atoms with Gasteiger partial charge in [-0.1, -0.05) is 152 Å². The van der Waals surface area contributed by atoms with Gasteiger partial charge >= 0.3 is 44.8 Å². The van der Waals surface area contributed by atoms with Crippen molar-refractivity contribution < 1.29 is 44.8 Å². The minimum absolute atomic E-state index is 0. The molecule has 0 amide bonds. The van der Waals surface area contributed by atoms with Crippen LogP contribution in [0.5, 0.6) is 0 Å². The van der Waals surface area contributed by atoms with Gasteiger partial charge in [0.25, 0.3) is 0 Å². The molecule has 1 aliphatic heterocycles. The molecule has 0 saturated carbocycles. The first-order valence-corrected chi connectivity index (χ1v) is 26.6. The van der Waals surface area contributed by atoms with E-state index in [1.165, 1.54) is 70.9 Å². The van der Waals surface area contributed by atoms with E-state index >= 15 is 0 Å². The molecule has 2 aliphatic rings. The number of hydrogen-bond acceptors (Lipinski definition) is 0. The zero-order chi connectivity index (χ0) is 40.6. The van der Waals surface area contributed by atoms with Gasteiger partial charge in [-0.15, -0.1) is 35.4 Å². The van der Waals surface area contributed by atoms with E-state index in [0.717, 1.165) is 17.5 Å². The van der Waals surface area contributed by atoms with Gasteiger partial charge in [-0.2, -0.15) is 0 Å². The maximum atomic E-state index is 7.25. The molecule has 1 heterocycles. The maximum Gasteiger partial charge on any atom is 1.00 e. The van der Waals surface area contributed by atoms with Crippen molar-refractivity contribution in [3.63, 3.8) is 0 Å². The second-order valence-electron chi connectivity index (χ2n) is 15.5. The first-order chi connectivity index (χ1) is 28.9. The molecule has 8 aromatic rings. The fourth-order valence-electron chi connectivity index (χ4n) is 8.50. The third-order valence-corrected chi connectivity index (χ3v) is 22.0. The SMILES string of the molecule is [Au+].[Au+].[C-]#Cc1ccc2c(c1)-c1ccccc1[Si]2(C)C.[C-]#Cc1ccc2c(c1)Cc1ccccc1-2.c1ccc([PH+](C[PH+](c2ccccc2)c2ccccc2)c2ccccc2)cc1. The van der Waals surface area contributed by atoms with Crippen LogP contribution in [0.3, 0.4) is 0 Å². The quantitative estimate of drug-likeness (QED) is 0.0674. The molecular weight excluding hydrogens is 1160 g/mol. The van der Waals surface area contributed by atoms with Crippen LogP contribution in [-0.2, 0) is 51.2 Å². The Kier molecular flexibility index (Phi) is 16.2. The second-order valence-corrected chi connectivity index (χ2v) is 25.4. The van der Waals surface area contributed by atoms with Crippen molar-refractivity contribution in [2.75, 3.05) is 5.90 Å². The van der Waals surface area contributed by atoms with Crippen LogP contribution in [0.4, 0.5) is 0 Å². The molecule has 10 rings (SSSR count). The summed E-state index contributed by atoms with van der Waals surface area (Å²) in [5.41, 5.74) is 9.74. The van der Waals surface area contributed by atoms with Gasteiger partial charge < -0.3 is 12.8 Å². The van der Waals surface area contributed by atoms with Crippen LogP contribution in [0.2, 0.25) is 13.1 Å². The first kappa shape index (κ1) is 46.0. The monoisotopic (exact) mass is 1200 g/mol. The van der Waals surface area contributed by atoms with Crippen molar-refractivity contribution in [2.45, 2.75) is 19.5 Å². The Balaban J connectivity index is 0.000000159. The maximum absolute atomic E-state index is 7.25. The van der Waals surface area contributed by atoms with Crippen LogP contribution >= 0.6 is 15.8 Å². The Morgan fingerprint density at radius 3 is 1.31 bits per heavy atom. The van der Waals surface area contributed by atoms with Crippen molar-refractivity contribution in [1.82, 2.24) is 0 Å². The minimum atomic E-state index is -1.51. The topological polar surface area (TPSA) is 0 Å². The van der Waals surface area contributed by atoms with Crippen molar-refractivity contribution >= 4 is 55.5 Å². The molecule has 0 aromatic heterocycles. The predicted octanol–water partition coefficient (Wildman–Crippen LogP) is 10.3. The normalized spacial score (nSPS) is 11.9. The number of rotatable bonds is 6. The molecule has 0 fully saturated rings. The van der Waals surface area contributed by atoms with Gasteiger partial charge in [0.1, 0.15) is 45.1 Å². The van der Waals surface area contributed by atoms with Crippen molar-refractivity contribution in [1.29, 1.82) is 0 Å². The molecule has 0 N–H and O–H groups in total. The molecule has 0 atom stereocenters. The third-order valence-electron chi connectivity index (χ3n) is 11.5. The molecule has 0 nitrogen and oxygen atoms in total. The van der Waals surface area contributed by atoms with E-state index in [2.05, 4.69) is 219 Å². The van der Waals surface area contributed by atoms with E-state index in [4.69, 9.17) is 12.8 Å². The summed E-state index contributed by atoms with van der Waals surface area (Å²) in [4.78, 5) is 0. The molecule has 0 bridgehead atoms. The summed E-state index contributed by atoms with van der Waals surface area (Å²) in [6.07, 6.45) is 15.4. The zero-order valence-electron chi connectivity index (χ0n) is 34.1. The average Bonchev–Trinajstić information content (AvgIpc) is 3.79. The summed E-state index contributed by atoms with van der Waals surface area (Å²) >= 11 is 0. The van der Waals surface area contributed by atoms with Gasteiger partial charge in [0.2, 0.25) is 0 Å². The van der Waals surface area contributed by atoms with E-state index < -0.39 is 23.9 Å². The van der Waals surface area contributed by atoms with E-state index in [1.807, 2.05) is 12.1 Å². The van der Waals surface area contributed by atoms with Crippen LogP contribution in [0, 0.1) is 24.7 Å². The summed E-state index contributed by atoms with van der Waals surface area (Å²) in [7, 11) is -3.20. The van der Waals surface area contributed by atoms with Gasteiger partial charge in [0.15, 0.2) is 5.90 Å². The summed E-state index contributed by atoms with van der Waals surface area (Å²) in [5, 5.41) is 9.01. The summed E-state index contributed by atoms with van der Waals surface area (Å²) < 4.78 is 0. The van der Waals surface area contributed by atoms with E-state index in [9.17, 15) is 0 Å². The molecule has 0 spiro atoms. The van der Waals surface area contributed by atoms with Gasteiger partial charge in [-0.25, -0.2) is 0 Å². The fraction of sp³-hybridized carbons (Fsp3) is 0.0714. The van der Waals surface area contributed by atoms with Crippen molar-refractivity contribution in [2.24, 2.45) is 0 Å². The van der Waals surface area contributed by atoms with Gasteiger partial charge in [-0.05, 0) is 93.1 Å². The Bertz CT molecular complexity index is 2620. The standard InChI is InChI=1S/C25H22P2.C16H13Si.C15H9.2Au/c1-5-13-22(14-6-1)26(23-15-7-2-8-16-23)21-27(24-17-9-3-10-18-24)25-19-11-4-12-20-25;1-4-12-9-10-16-14(11-12)13-7-5-6-8-15(13)17(16,2)3;1-2-11-7-8-15-13(9-11)10-12-5-3-4-6-14(12)15;;/h1-20H,21H2;5-11H,2-3H3;3-9H,10H2;;/q;2*-1;2*+1/p+2. The fourth-order valence-corrected chi connectivity index (χ4v) is 19.3. The Morgan fingerprint density at radius 1 is 0.410 bits per heavy atom. The van der Waals surface area contributed by atoms with Crippen molar-refractivity contribution in [3.8, 4) is 34.1 Å². The molecule has 61 heavy (non-hydrogen) atoms. The molecular formula is C56H46Au2P2Si+2. The van der Waals surface area contributed by atoms with E-state index in [-0.39, 0.29) is 44.8 Å². The van der Waals surface area contributed by atoms with Crippen LogP contribution < -0.4 is 31.6 Å². The smallest absolute Gasteiger partial charge is 0.366 e. The van der Waals surface area contributed by atoms with Crippen molar-refractivity contribution in [3.05, 3.63) is 241 Å². The Hall–Kier alpha value is -4.56. The number of fused-ring (bicyclic) bond motifs is 6. The Labute approximate surface area is 397 Å². The van der Waals surface area contributed by atoms with Crippen LogP contribution in [0.15, 0.2) is 206 Å². The first-order valence-electron chi connectivity index (χ1n) is 20.2. The molecule has 0 saturated heterocycles. The minimum Gasteiger partial charge on any atom is -0.366 e. The number of hydrogen-bond donors (Lipinski definition) is 0. The summed E-state index contributed by atoms with van der Waals surface area (Å²) in [5.74, 6) is 6.16. The molecule has 0 radical (unpaired) electrons. The van der Waals surface area contributed by atoms with Crippen LogP contribution in [0.1, 0.15) is 22.3 Å². The predicted molar refractivity (Wildman–Crippen MR) is 262 cm³/mol. The molecule has 1 aliphatic carbocycles. The Morgan fingerprint density at radius 2 is 0.803 bits per heavy atom. The zero-order valence-corrected chi connectivity index (χ0v) is 41.5. The number of benzene rings is 8. The second kappa shape index (κ2) is 21.5. The largest absolute Gasteiger partial charge is 1.00 e. The van der Waals surface area contributed by atoms with Gasteiger partial charge in [0, 0.05) is 0 Å². The molecule has 0 unspecified atom stereocenters. The summed E-state index contributed by atoms with van der Waals surface area (Å²) in [6.45, 7) is 4.79. The molecule has 8 aromatic carbocycles. The summed E-state index contributed by atoms with van der Waals surface area (Å²) in [6, 6.07) is 74.0. The van der Waals surface area contributed by atoms with Gasteiger partial charge in [0.05, 0.1) is 0 Å².